The van der Waals surface area contributed by atoms with Gasteiger partial charge in [-0.1, -0.05) is 25.2 Å². The molecule has 1 aliphatic carbocycles. The van der Waals surface area contributed by atoms with Crippen LogP contribution in [0, 0.1) is 5.41 Å². The Bertz CT molecular complexity index is 665. The highest BCUT2D eigenvalue weighted by Crippen LogP contribution is 2.39. The number of fused-ring (bicyclic) bond motifs is 1. The fourth-order valence-electron chi connectivity index (χ4n) is 3.69. The summed E-state index contributed by atoms with van der Waals surface area (Å²) in [5, 5.41) is 3.46. The molecule has 1 unspecified atom stereocenters. The van der Waals surface area contributed by atoms with Gasteiger partial charge >= 0.3 is 0 Å². The third-order valence-corrected chi connectivity index (χ3v) is 5.44. The van der Waals surface area contributed by atoms with Gasteiger partial charge in [0.05, 0.1) is 0 Å². The van der Waals surface area contributed by atoms with Gasteiger partial charge in [0.25, 0.3) is 5.88 Å². The zero-order chi connectivity index (χ0) is 17.1. The largest absolute Gasteiger partial charge is 0.484 e. The number of pyridine rings is 1. The smallest absolute Gasteiger partial charge is 0.257 e. The van der Waals surface area contributed by atoms with E-state index in [1.807, 2.05) is 12.1 Å². The molecular formula is C20H27N3O2. The zero-order valence-corrected chi connectivity index (χ0v) is 14.9. The molecule has 1 aromatic rings. The first-order valence-electron chi connectivity index (χ1n) is 9.29. The van der Waals surface area contributed by atoms with Gasteiger partial charge in [0.1, 0.15) is 12.7 Å². The number of allylic oxidation sites excluding steroid dienone is 1. The number of hydrogen-bond donors (Lipinski definition) is 1. The molecule has 1 aromatic heterocycles. The fourth-order valence-corrected chi connectivity index (χ4v) is 3.69. The van der Waals surface area contributed by atoms with E-state index in [0.717, 1.165) is 38.3 Å². The number of nitrogens with zero attached hydrogens (tertiary/aromatic N) is 2. The van der Waals surface area contributed by atoms with E-state index in [1.165, 1.54) is 18.5 Å². The van der Waals surface area contributed by atoms with Crippen LogP contribution < -0.4 is 14.8 Å². The van der Waals surface area contributed by atoms with Crippen LogP contribution in [0.2, 0.25) is 0 Å². The zero-order valence-electron chi connectivity index (χ0n) is 14.9. The molecule has 5 nitrogen and oxygen atoms in total. The Balaban J connectivity index is 1.38. The summed E-state index contributed by atoms with van der Waals surface area (Å²) in [6, 6.07) is 3.78. The Kier molecular flexibility index (Phi) is 4.77. The molecule has 3 aliphatic rings. The van der Waals surface area contributed by atoms with Gasteiger partial charge < -0.3 is 14.8 Å². The van der Waals surface area contributed by atoms with Crippen molar-refractivity contribution < 1.29 is 9.47 Å². The summed E-state index contributed by atoms with van der Waals surface area (Å²) in [7, 11) is 0. The second kappa shape index (κ2) is 7.18. The van der Waals surface area contributed by atoms with Gasteiger partial charge in [0.2, 0.25) is 0 Å². The molecule has 5 heteroatoms. The summed E-state index contributed by atoms with van der Waals surface area (Å²) in [6.45, 7) is 8.39. The molecule has 0 radical (unpaired) electrons. The molecule has 2 aliphatic heterocycles. The second-order valence-corrected chi connectivity index (χ2v) is 7.43. The van der Waals surface area contributed by atoms with Gasteiger partial charge in [-0.2, -0.15) is 0 Å². The molecule has 1 saturated heterocycles. The molecule has 0 saturated carbocycles. The minimum atomic E-state index is -0.0565. The number of aromatic nitrogens is 1. The van der Waals surface area contributed by atoms with Crippen LogP contribution in [0.5, 0.6) is 11.6 Å². The maximum atomic E-state index is 6.14. The van der Waals surface area contributed by atoms with E-state index in [2.05, 4.69) is 40.4 Å². The summed E-state index contributed by atoms with van der Waals surface area (Å²) in [5.74, 6) is 1.35. The second-order valence-electron chi connectivity index (χ2n) is 7.43. The van der Waals surface area contributed by atoms with E-state index in [1.54, 1.807) is 6.20 Å². The predicted molar refractivity (Wildman–Crippen MR) is 98.0 cm³/mol. The van der Waals surface area contributed by atoms with Gasteiger partial charge in [-0.05, 0) is 43.6 Å². The van der Waals surface area contributed by atoms with Crippen molar-refractivity contribution in [1.29, 1.82) is 0 Å². The third kappa shape index (κ3) is 3.72. The quantitative estimate of drug-likeness (QED) is 0.915. The van der Waals surface area contributed by atoms with Gasteiger partial charge in [-0.25, -0.2) is 4.98 Å². The molecule has 0 spiro atoms. The Labute approximate surface area is 149 Å². The number of ether oxygens (including phenoxy) is 2. The SMILES string of the molecule is CC1([C@H]2COc3cccnc3O2)C=CC(CN2CCCNCC2)=CC1. The first kappa shape index (κ1) is 16.6. The summed E-state index contributed by atoms with van der Waals surface area (Å²) in [5.41, 5.74) is 1.36. The third-order valence-electron chi connectivity index (χ3n) is 5.44. The van der Waals surface area contributed by atoms with Crippen molar-refractivity contribution in [1.82, 2.24) is 15.2 Å². The van der Waals surface area contributed by atoms with E-state index in [-0.39, 0.29) is 11.5 Å². The number of rotatable bonds is 3. The number of hydrogen-bond acceptors (Lipinski definition) is 5. The molecule has 134 valence electrons. The minimum Gasteiger partial charge on any atom is -0.484 e. The van der Waals surface area contributed by atoms with Gasteiger partial charge in [-0.15, -0.1) is 0 Å². The molecule has 0 bridgehead atoms. The Morgan fingerprint density at radius 1 is 1.36 bits per heavy atom. The van der Waals surface area contributed by atoms with E-state index in [4.69, 9.17) is 9.47 Å². The van der Waals surface area contributed by atoms with E-state index >= 15 is 0 Å². The summed E-state index contributed by atoms with van der Waals surface area (Å²) < 4.78 is 12.0. The van der Waals surface area contributed by atoms with E-state index in [0.29, 0.717) is 12.5 Å². The summed E-state index contributed by atoms with van der Waals surface area (Å²) in [4.78, 5) is 6.84. The fraction of sp³-hybridized carbons (Fsp3) is 0.550. The minimum absolute atomic E-state index is 0.00802. The van der Waals surface area contributed by atoms with Crippen LogP contribution in [0.4, 0.5) is 0 Å². The molecule has 3 heterocycles. The van der Waals surface area contributed by atoms with Crippen LogP contribution >= 0.6 is 0 Å². The van der Waals surface area contributed by atoms with Gasteiger partial charge in [0.15, 0.2) is 5.75 Å². The van der Waals surface area contributed by atoms with Crippen LogP contribution in [0.25, 0.3) is 0 Å². The van der Waals surface area contributed by atoms with Crippen molar-refractivity contribution in [2.24, 2.45) is 5.41 Å². The van der Waals surface area contributed by atoms with Crippen LogP contribution in [0.1, 0.15) is 19.8 Å². The molecule has 0 amide bonds. The lowest BCUT2D eigenvalue weighted by molar-refractivity contribution is 0.0174. The number of nitrogens with one attached hydrogen (secondary N) is 1. The topological polar surface area (TPSA) is 46.6 Å². The van der Waals surface area contributed by atoms with Crippen LogP contribution in [0.15, 0.2) is 42.1 Å². The summed E-state index contributed by atoms with van der Waals surface area (Å²) >= 11 is 0. The van der Waals surface area contributed by atoms with E-state index in [9.17, 15) is 0 Å². The van der Waals surface area contributed by atoms with Crippen molar-refractivity contribution in [3.63, 3.8) is 0 Å². The van der Waals surface area contributed by atoms with Gasteiger partial charge in [0, 0.05) is 31.2 Å². The molecule has 4 rings (SSSR count). The lowest BCUT2D eigenvalue weighted by Crippen LogP contribution is -2.43. The Morgan fingerprint density at radius 2 is 2.32 bits per heavy atom. The Hall–Kier alpha value is -1.85. The average Bonchev–Trinajstić information content (AvgIpc) is 2.92. The Morgan fingerprint density at radius 3 is 3.20 bits per heavy atom. The molecular weight excluding hydrogens is 314 g/mol. The van der Waals surface area contributed by atoms with E-state index < -0.39 is 0 Å². The molecule has 1 N–H and O–H groups in total. The van der Waals surface area contributed by atoms with Crippen LogP contribution in [-0.4, -0.2) is 55.3 Å². The van der Waals surface area contributed by atoms with Crippen molar-refractivity contribution in [3.8, 4) is 11.6 Å². The highest BCUT2D eigenvalue weighted by Gasteiger charge is 2.38. The normalized spacial score (nSPS) is 29.8. The lowest BCUT2D eigenvalue weighted by Gasteiger charge is -2.38. The lowest BCUT2D eigenvalue weighted by atomic mass is 9.77. The van der Waals surface area contributed by atoms with Crippen molar-refractivity contribution in [2.75, 3.05) is 39.3 Å². The molecule has 1 fully saturated rings. The molecule has 25 heavy (non-hydrogen) atoms. The molecule has 0 aromatic carbocycles. The summed E-state index contributed by atoms with van der Waals surface area (Å²) in [6.07, 6.45) is 10.9. The van der Waals surface area contributed by atoms with Crippen molar-refractivity contribution in [2.45, 2.75) is 25.9 Å². The highest BCUT2D eigenvalue weighted by molar-refractivity contribution is 5.35. The van der Waals surface area contributed by atoms with Crippen molar-refractivity contribution in [3.05, 3.63) is 42.1 Å². The monoisotopic (exact) mass is 341 g/mol. The maximum Gasteiger partial charge on any atom is 0.257 e. The first-order chi connectivity index (χ1) is 12.2. The predicted octanol–water partition coefficient (Wildman–Crippen LogP) is 2.41. The average molecular weight is 341 g/mol. The van der Waals surface area contributed by atoms with Crippen LogP contribution in [0.3, 0.4) is 0 Å². The van der Waals surface area contributed by atoms with Crippen molar-refractivity contribution >= 4 is 0 Å². The van der Waals surface area contributed by atoms with Gasteiger partial charge in [-0.3, -0.25) is 4.90 Å². The van der Waals surface area contributed by atoms with Crippen LogP contribution in [-0.2, 0) is 0 Å². The molecule has 2 atom stereocenters. The highest BCUT2D eigenvalue weighted by atomic mass is 16.6. The maximum absolute atomic E-state index is 6.14. The first-order valence-corrected chi connectivity index (χ1v) is 9.29. The standard InChI is InChI=1S/C20H27N3O2/c1-20(18-15-24-17-4-2-10-22-19(17)25-18)7-5-16(6-8-20)14-23-12-3-9-21-11-13-23/h2,4-7,10,18,21H,3,8-9,11-15H2,1H3/t18-,20?/m1/s1.